The Morgan fingerprint density at radius 1 is 0.851 bits per heavy atom. The maximum absolute atomic E-state index is 12.5. The summed E-state index contributed by atoms with van der Waals surface area (Å²) < 4.78 is 37.8. The van der Waals surface area contributed by atoms with Gasteiger partial charge in [-0.25, -0.2) is 34.9 Å². The van der Waals surface area contributed by atoms with E-state index in [2.05, 4.69) is 51.8 Å². The van der Waals surface area contributed by atoms with E-state index in [0.29, 0.717) is 54.2 Å². The Kier molecular flexibility index (Phi) is 9.67. The molecule has 0 radical (unpaired) electrons. The molecule has 5 heterocycles. The van der Waals surface area contributed by atoms with E-state index < -0.39 is 10.1 Å². The van der Waals surface area contributed by atoms with Crippen LogP contribution in [0.3, 0.4) is 0 Å². The lowest BCUT2D eigenvalue weighted by Gasteiger charge is -2.41. The van der Waals surface area contributed by atoms with Crippen LogP contribution in [0, 0.1) is 18.8 Å². The van der Waals surface area contributed by atoms with E-state index in [-0.39, 0.29) is 30.8 Å². The minimum Gasteiger partial charge on any atom is -0.377 e. The highest BCUT2D eigenvalue weighted by Crippen LogP contribution is 2.20. The minimum atomic E-state index is -3.88. The Bertz CT molecular complexity index is 1950. The fourth-order valence-electron chi connectivity index (χ4n) is 4.77. The Hall–Kier alpha value is -5.37. The van der Waals surface area contributed by atoms with Crippen molar-refractivity contribution >= 4 is 22.0 Å². The van der Waals surface area contributed by atoms with Gasteiger partial charge in [0.05, 0.1) is 41.9 Å². The molecule has 1 fully saturated rings. The van der Waals surface area contributed by atoms with Crippen LogP contribution >= 0.6 is 0 Å². The van der Waals surface area contributed by atoms with Crippen LogP contribution < -0.4 is 9.80 Å². The molecule has 5 aromatic rings. The highest BCUT2D eigenvalue weighted by Gasteiger charge is 2.30. The van der Waals surface area contributed by atoms with Crippen molar-refractivity contribution in [3.63, 3.8) is 0 Å². The van der Waals surface area contributed by atoms with Crippen LogP contribution in [0.2, 0.25) is 0 Å². The number of piperazine rings is 1. The second-order valence-electron chi connectivity index (χ2n) is 10.6. The van der Waals surface area contributed by atoms with Gasteiger partial charge in [0.1, 0.15) is 18.3 Å². The van der Waals surface area contributed by atoms with Gasteiger partial charge in [-0.1, -0.05) is 29.5 Å². The summed E-state index contributed by atoms with van der Waals surface area (Å²) in [5, 5.41) is 4.31. The molecule has 6 rings (SSSR count). The highest BCUT2D eigenvalue weighted by atomic mass is 32.2. The molecule has 47 heavy (non-hydrogen) atoms. The maximum atomic E-state index is 12.5. The second kappa shape index (κ2) is 14.4. The average molecular weight is 654 g/mol. The zero-order chi connectivity index (χ0) is 32.6. The molecule has 1 atom stereocenters. The first-order valence-electron chi connectivity index (χ1n) is 14.7. The molecule has 0 saturated carbocycles. The van der Waals surface area contributed by atoms with Crippen molar-refractivity contribution in [2.45, 2.75) is 17.9 Å². The van der Waals surface area contributed by atoms with Crippen LogP contribution in [-0.4, -0.2) is 98.6 Å². The van der Waals surface area contributed by atoms with Gasteiger partial charge in [-0.2, -0.15) is 13.5 Å². The molecule has 0 bridgehead atoms. The van der Waals surface area contributed by atoms with Gasteiger partial charge in [-0.15, -0.1) is 0 Å². The topological polar surface area (TPSA) is 167 Å². The molecule has 0 spiro atoms. The predicted octanol–water partition coefficient (Wildman–Crippen LogP) is 1.68. The highest BCUT2D eigenvalue weighted by molar-refractivity contribution is 7.86. The first-order valence-corrected chi connectivity index (χ1v) is 16.1. The molecule has 0 amide bonds. The largest absolute Gasteiger partial charge is 0.377 e. The van der Waals surface area contributed by atoms with Gasteiger partial charge in [0.15, 0.2) is 5.82 Å². The molecular formula is C31H31N11O4S. The number of rotatable bonds is 10. The average Bonchev–Trinajstić information content (AvgIpc) is 3.54. The lowest BCUT2D eigenvalue weighted by molar-refractivity contribution is 0.0893. The monoisotopic (exact) mass is 653 g/mol. The second-order valence-corrected chi connectivity index (χ2v) is 12.2. The van der Waals surface area contributed by atoms with E-state index in [1.54, 1.807) is 41.6 Å². The molecule has 0 unspecified atom stereocenters. The number of ether oxygens (including phenoxy) is 1. The van der Waals surface area contributed by atoms with E-state index in [4.69, 9.17) is 8.92 Å². The van der Waals surface area contributed by atoms with Gasteiger partial charge in [0.25, 0.3) is 10.1 Å². The summed E-state index contributed by atoms with van der Waals surface area (Å²) >= 11 is 0. The summed E-state index contributed by atoms with van der Waals surface area (Å²) in [5.41, 5.74) is 2.95. The van der Waals surface area contributed by atoms with Crippen molar-refractivity contribution in [3.8, 4) is 23.4 Å². The van der Waals surface area contributed by atoms with Gasteiger partial charge in [-0.05, 0) is 25.1 Å². The van der Waals surface area contributed by atoms with Crippen LogP contribution in [0.25, 0.3) is 11.5 Å². The Morgan fingerprint density at radius 3 is 2.19 bits per heavy atom. The number of nitrogens with zero attached hydrogens (tertiary/aromatic N) is 11. The van der Waals surface area contributed by atoms with Crippen LogP contribution in [0.5, 0.6) is 0 Å². The van der Waals surface area contributed by atoms with Crippen LogP contribution in [0.15, 0.2) is 78.9 Å². The molecule has 1 aromatic carbocycles. The van der Waals surface area contributed by atoms with Gasteiger partial charge < -0.3 is 14.5 Å². The molecule has 240 valence electrons. The quantitative estimate of drug-likeness (QED) is 0.121. The van der Waals surface area contributed by atoms with Crippen molar-refractivity contribution in [2.75, 3.05) is 49.3 Å². The fraction of sp³-hybridized carbons (Fsp3) is 0.290. The summed E-state index contributed by atoms with van der Waals surface area (Å²) in [5.74, 6) is 7.70. The van der Waals surface area contributed by atoms with Crippen molar-refractivity contribution in [1.29, 1.82) is 0 Å². The van der Waals surface area contributed by atoms with E-state index in [9.17, 15) is 8.42 Å². The third-order valence-corrected chi connectivity index (χ3v) is 8.50. The number of aryl methyl sites for hydroxylation is 2. The first-order chi connectivity index (χ1) is 22.8. The van der Waals surface area contributed by atoms with E-state index >= 15 is 0 Å². The third-order valence-electron chi connectivity index (χ3n) is 7.17. The first kappa shape index (κ1) is 31.6. The third kappa shape index (κ3) is 8.08. The van der Waals surface area contributed by atoms with Gasteiger partial charge >= 0.3 is 0 Å². The molecule has 1 aliphatic rings. The molecular weight excluding hydrogens is 622 g/mol. The maximum Gasteiger partial charge on any atom is 0.297 e. The number of hydrogen-bond acceptors (Lipinski definition) is 14. The number of aromatic nitrogens is 9. The summed E-state index contributed by atoms with van der Waals surface area (Å²) in [4.78, 5) is 34.6. The van der Waals surface area contributed by atoms with Crippen LogP contribution in [0.1, 0.15) is 16.7 Å². The SMILES string of the molecule is Cc1ccc(S(=O)(=O)OCCOC[C@H]2CN(c3ncc(C#Cc4cnc(-c5ccn(C)n5)nc4)cn3)CCN2c2ncncn2)cc1. The molecule has 0 N–H and O–H groups in total. The lowest BCUT2D eigenvalue weighted by Crippen LogP contribution is -2.56. The minimum absolute atomic E-state index is 0.0768. The predicted molar refractivity (Wildman–Crippen MR) is 171 cm³/mol. The molecule has 1 saturated heterocycles. The summed E-state index contributed by atoms with van der Waals surface area (Å²) in [6.45, 7) is 3.81. The van der Waals surface area contributed by atoms with E-state index in [1.165, 1.54) is 24.8 Å². The summed E-state index contributed by atoms with van der Waals surface area (Å²) in [6, 6.07) is 8.15. The van der Waals surface area contributed by atoms with E-state index in [0.717, 1.165) is 5.56 Å². The molecule has 1 aliphatic heterocycles. The lowest BCUT2D eigenvalue weighted by atomic mass is 10.2. The standard InChI is InChI=1S/C31H31N11O4S/c1-23-3-7-27(8-4-23)47(43,44)46-14-13-45-20-26-19-41(11-12-42(26)31-37-21-32-22-38-31)30-35-17-25(18-36-30)6-5-24-15-33-29(34-16-24)28-9-10-40(2)39-28/h3-4,7-10,15-18,21-22,26H,11-14,19-20H2,1-2H3/t26-/m1/s1. The molecule has 0 aliphatic carbocycles. The molecule has 15 nitrogen and oxygen atoms in total. The van der Waals surface area contributed by atoms with Crippen molar-refractivity contribution in [1.82, 2.24) is 44.7 Å². The molecule has 16 heteroatoms. The normalized spacial score (nSPS) is 14.9. The number of anilines is 2. The van der Waals surface area contributed by atoms with Crippen LogP contribution in [-0.2, 0) is 26.1 Å². The number of hydrogen-bond donors (Lipinski definition) is 0. The van der Waals surface area contributed by atoms with Crippen molar-refractivity contribution in [2.24, 2.45) is 7.05 Å². The Balaban J connectivity index is 1.06. The Morgan fingerprint density at radius 2 is 1.53 bits per heavy atom. The van der Waals surface area contributed by atoms with Crippen molar-refractivity contribution in [3.05, 3.63) is 90.7 Å². The van der Waals surface area contributed by atoms with Gasteiger partial charge in [0.2, 0.25) is 11.9 Å². The Labute approximate surface area is 271 Å². The summed E-state index contributed by atoms with van der Waals surface area (Å²) in [6.07, 6.45) is 11.4. The van der Waals surface area contributed by atoms with E-state index in [1.807, 2.05) is 36.0 Å². The zero-order valence-corrected chi connectivity index (χ0v) is 26.5. The van der Waals surface area contributed by atoms with Crippen LogP contribution in [0.4, 0.5) is 11.9 Å². The van der Waals surface area contributed by atoms with Gasteiger partial charge in [-0.3, -0.25) is 8.86 Å². The number of benzene rings is 1. The smallest absolute Gasteiger partial charge is 0.297 e. The van der Waals surface area contributed by atoms with Crippen molar-refractivity contribution < 1.29 is 17.3 Å². The van der Waals surface area contributed by atoms with Gasteiger partial charge in [0, 0.05) is 57.7 Å². The zero-order valence-electron chi connectivity index (χ0n) is 25.7. The fourth-order valence-corrected chi connectivity index (χ4v) is 5.66. The summed E-state index contributed by atoms with van der Waals surface area (Å²) in [7, 11) is -2.04. The molecule has 4 aromatic heterocycles.